The number of nitrogens with one attached hydrogen (secondary N) is 2. The molecule has 0 fully saturated rings. The van der Waals surface area contributed by atoms with Crippen LogP contribution in [0.4, 0.5) is 10.5 Å². The monoisotopic (exact) mass is 354 g/mol. The summed E-state index contributed by atoms with van der Waals surface area (Å²) in [5, 5.41) is 6.06. The van der Waals surface area contributed by atoms with Gasteiger partial charge in [0.05, 0.1) is 30.0 Å². The number of halogens is 2. The number of amides is 2. The van der Waals surface area contributed by atoms with E-state index < -0.39 is 6.03 Å². The lowest BCUT2D eigenvalue weighted by molar-refractivity contribution is 0.251. The number of urea groups is 1. The van der Waals surface area contributed by atoms with Crippen molar-refractivity contribution in [3.63, 3.8) is 0 Å². The van der Waals surface area contributed by atoms with Crippen LogP contribution in [0.5, 0.6) is 11.5 Å². The molecule has 0 heterocycles. The first-order valence-corrected chi connectivity index (χ1v) is 7.50. The van der Waals surface area contributed by atoms with Gasteiger partial charge in [0, 0.05) is 12.6 Å². The Kier molecular flexibility index (Phi) is 5.96. The zero-order valence-electron chi connectivity index (χ0n) is 12.7. The fourth-order valence-corrected chi connectivity index (χ4v) is 2.27. The Labute approximate surface area is 144 Å². The molecule has 122 valence electrons. The van der Waals surface area contributed by atoms with Gasteiger partial charge in [0.2, 0.25) is 0 Å². The van der Waals surface area contributed by atoms with Crippen molar-refractivity contribution in [2.75, 3.05) is 19.5 Å². The minimum Gasteiger partial charge on any atom is -0.497 e. The van der Waals surface area contributed by atoms with Crippen LogP contribution in [0, 0.1) is 0 Å². The summed E-state index contributed by atoms with van der Waals surface area (Å²) in [6.07, 6.45) is 0. The molecule has 0 radical (unpaired) electrons. The van der Waals surface area contributed by atoms with Gasteiger partial charge in [-0.25, -0.2) is 4.79 Å². The van der Waals surface area contributed by atoms with E-state index in [1.165, 1.54) is 0 Å². The van der Waals surface area contributed by atoms with Gasteiger partial charge in [-0.2, -0.15) is 0 Å². The van der Waals surface area contributed by atoms with E-state index in [9.17, 15) is 4.79 Å². The maximum absolute atomic E-state index is 12.0. The highest BCUT2D eigenvalue weighted by molar-refractivity contribution is 6.43. The number of hydrogen-bond acceptors (Lipinski definition) is 3. The van der Waals surface area contributed by atoms with Gasteiger partial charge in [-0.3, -0.25) is 0 Å². The molecule has 5 nitrogen and oxygen atoms in total. The Morgan fingerprint density at radius 1 is 1.09 bits per heavy atom. The van der Waals surface area contributed by atoms with Gasteiger partial charge in [0.1, 0.15) is 11.5 Å². The summed E-state index contributed by atoms with van der Waals surface area (Å²) in [4.78, 5) is 12.0. The Morgan fingerprint density at radius 3 is 2.35 bits per heavy atom. The molecule has 0 aliphatic rings. The number of anilines is 1. The van der Waals surface area contributed by atoms with Crippen molar-refractivity contribution >= 4 is 34.9 Å². The van der Waals surface area contributed by atoms with Crippen molar-refractivity contribution in [2.45, 2.75) is 6.54 Å². The summed E-state index contributed by atoms with van der Waals surface area (Å²) in [6.45, 7) is 0.303. The fourth-order valence-electron chi connectivity index (χ4n) is 1.92. The molecule has 2 aromatic carbocycles. The molecular weight excluding hydrogens is 339 g/mol. The number of hydrogen-bond donors (Lipinski definition) is 2. The van der Waals surface area contributed by atoms with Gasteiger partial charge in [0.15, 0.2) is 0 Å². The lowest BCUT2D eigenvalue weighted by Gasteiger charge is -2.11. The van der Waals surface area contributed by atoms with Gasteiger partial charge < -0.3 is 20.1 Å². The van der Waals surface area contributed by atoms with Crippen LogP contribution >= 0.6 is 23.2 Å². The third-order valence-corrected chi connectivity index (χ3v) is 3.88. The number of benzene rings is 2. The zero-order valence-corrected chi connectivity index (χ0v) is 14.2. The Bertz CT molecular complexity index is 685. The largest absolute Gasteiger partial charge is 0.497 e. The fraction of sp³-hybridized carbons (Fsp3) is 0.188. The SMILES string of the molecule is COc1cc(CNC(=O)Nc2cccc(Cl)c2Cl)cc(OC)c1. The van der Waals surface area contributed by atoms with E-state index in [1.54, 1.807) is 38.5 Å². The first-order valence-electron chi connectivity index (χ1n) is 6.74. The maximum Gasteiger partial charge on any atom is 0.319 e. The Hall–Kier alpha value is -2.11. The number of carbonyl (C=O) groups is 1. The van der Waals surface area contributed by atoms with E-state index in [2.05, 4.69) is 10.6 Å². The molecule has 0 bridgehead atoms. The quantitative estimate of drug-likeness (QED) is 0.839. The molecule has 0 aliphatic carbocycles. The summed E-state index contributed by atoms with van der Waals surface area (Å²) >= 11 is 11.9. The van der Waals surface area contributed by atoms with Gasteiger partial charge in [-0.05, 0) is 29.8 Å². The van der Waals surface area contributed by atoms with Crippen molar-refractivity contribution in [3.8, 4) is 11.5 Å². The standard InChI is InChI=1S/C16H16Cl2N2O3/c1-22-11-6-10(7-12(8-11)23-2)9-19-16(21)20-14-5-3-4-13(17)15(14)18/h3-8H,9H2,1-2H3,(H2,19,20,21). The van der Waals surface area contributed by atoms with Crippen molar-refractivity contribution in [1.82, 2.24) is 5.32 Å². The van der Waals surface area contributed by atoms with E-state index in [1.807, 2.05) is 12.1 Å². The molecule has 2 N–H and O–H groups in total. The average molecular weight is 355 g/mol. The molecule has 0 spiro atoms. The highest BCUT2D eigenvalue weighted by Crippen LogP contribution is 2.29. The molecular formula is C16H16Cl2N2O3. The second-order valence-corrected chi connectivity index (χ2v) is 5.42. The lowest BCUT2D eigenvalue weighted by atomic mass is 10.2. The van der Waals surface area contributed by atoms with Crippen LogP contribution < -0.4 is 20.1 Å². The molecule has 0 unspecified atom stereocenters. The van der Waals surface area contributed by atoms with E-state index in [4.69, 9.17) is 32.7 Å². The van der Waals surface area contributed by atoms with Crippen LogP contribution in [0.1, 0.15) is 5.56 Å². The van der Waals surface area contributed by atoms with Crippen LogP contribution in [-0.2, 0) is 6.54 Å². The summed E-state index contributed by atoms with van der Waals surface area (Å²) < 4.78 is 10.4. The molecule has 23 heavy (non-hydrogen) atoms. The van der Waals surface area contributed by atoms with Crippen molar-refractivity contribution in [3.05, 3.63) is 52.0 Å². The zero-order chi connectivity index (χ0) is 16.8. The summed E-state index contributed by atoms with van der Waals surface area (Å²) in [7, 11) is 3.14. The molecule has 0 aromatic heterocycles. The first-order chi connectivity index (χ1) is 11.0. The third kappa shape index (κ3) is 4.68. The summed E-state index contributed by atoms with van der Waals surface area (Å²) in [6, 6.07) is 10.0. The first kappa shape index (κ1) is 17.2. The third-order valence-electron chi connectivity index (χ3n) is 3.06. The van der Waals surface area contributed by atoms with Gasteiger partial charge in [0.25, 0.3) is 0 Å². The summed E-state index contributed by atoms with van der Waals surface area (Å²) in [5.74, 6) is 1.30. The van der Waals surface area contributed by atoms with Crippen molar-refractivity contribution in [1.29, 1.82) is 0 Å². The van der Waals surface area contributed by atoms with Gasteiger partial charge >= 0.3 is 6.03 Å². The van der Waals surface area contributed by atoms with Crippen LogP contribution in [0.3, 0.4) is 0 Å². The predicted molar refractivity (Wildman–Crippen MR) is 91.9 cm³/mol. The maximum atomic E-state index is 12.0. The number of ether oxygens (including phenoxy) is 2. The van der Waals surface area contributed by atoms with Gasteiger partial charge in [-0.1, -0.05) is 29.3 Å². The van der Waals surface area contributed by atoms with Crippen LogP contribution in [0.2, 0.25) is 10.0 Å². The number of carbonyl (C=O) groups excluding carboxylic acids is 1. The predicted octanol–water partition coefficient (Wildman–Crippen LogP) is 4.33. The van der Waals surface area contributed by atoms with Crippen LogP contribution in [0.15, 0.2) is 36.4 Å². The molecule has 0 saturated carbocycles. The highest BCUT2D eigenvalue weighted by Gasteiger charge is 2.08. The van der Waals surface area contributed by atoms with Crippen LogP contribution in [-0.4, -0.2) is 20.3 Å². The number of rotatable bonds is 5. The molecule has 0 saturated heterocycles. The van der Waals surface area contributed by atoms with E-state index in [-0.39, 0.29) is 0 Å². The number of methoxy groups -OCH3 is 2. The van der Waals surface area contributed by atoms with Gasteiger partial charge in [-0.15, -0.1) is 0 Å². The summed E-state index contributed by atoms with van der Waals surface area (Å²) in [5.41, 5.74) is 1.29. The van der Waals surface area contributed by atoms with Crippen molar-refractivity contribution in [2.24, 2.45) is 0 Å². The van der Waals surface area contributed by atoms with Crippen LogP contribution in [0.25, 0.3) is 0 Å². The van der Waals surface area contributed by atoms with E-state index in [0.717, 1.165) is 5.56 Å². The van der Waals surface area contributed by atoms with E-state index in [0.29, 0.717) is 33.8 Å². The molecule has 2 rings (SSSR count). The second kappa shape index (κ2) is 7.94. The molecule has 7 heteroatoms. The molecule has 2 aromatic rings. The molecule has 0 aliphatic heterocycles. The minimum absolute atomic E-state index is 0.298. The molecule has 2 amide bonds. The lowest BCUT2D eigenvalue weighted by Crippen LogP contribution is -2.28. The highest BCUT2D eigenvalue weighted by atomic mass is 35.5. The van der Waals surface area contributed by atoms with E-state index >= 15 is 0 Å². The van der Waals surface area contributed by atoms with Crippen molar-refractivity contribution < 1.29 is 14.3 Å². The normalized spacial score (nSPS) is 10.1. The topological polar surface area (TPSA) is 59.6 Å². The Balaban J connectivity index is 2.00. The molecule has 0 atom stereocenters. The second-order valence-electron chi connectivity index (χ2n) is 4.63. The Morgan fingerprint density at radius 2 is 1.74 bits per heavy atom. The smallest absolute Gasteiger partial charge is 0.319 e. The minimum atomic E-state index is -0.393. The average Bonchev–Trinajstić information content (AvgIpc) is 2.56.